The average Bonchev–Trinajstić information content (AvgIpc) is 2.92. The molecule has 1 saturated heterocycles. The second kappa shape index (κ2) is 7.76. The molecule has 0 aliphatic carbocycles. The Kier molecular flexibility index (Phi) is 5.95. The highest BCUT2D eigenvalue weighted by molar-refractivity contribution is 7.91. The van der Waals surface area contributed by atoms with E-state index in [1.165, 1.54) is 11.9 Å². The predicted molar refractivity (Wildman–Crippen MR) is 87.3 cm³/mol. The zero-order chi connectivity index (χ0) is 17.7. The molecule has 132 valence electrons. The van der Waals surface area contributed by atoms with Gasteiger partial charge in [0.05, 0.1) is 23.7 Å². The first-order valence-corrected chi connectivity index (χ1v) is 9.35. The van der Waals surface area contributed by atoms with Crippen molar-refractivity contribution in [2.75, 3.05) is 32.3 Å². The number of amides is 1. The summed E-state index contributed by atoms with van der Waals surface area (Å²) in [5.41, 5.74) is 1.26. The minimum Gasteiger partial charge on any atom is -0.452 e. The Labute approximate surface area is 141 Å². The molecule has 0 radical (unpaired) electrons. The molecule has 1 heterocycles. The monoisotopic (exact) mass is 355 g/mol. The van der Waals surface area contributed by atoms with E-state index in [-0.39, 0.29) is 17.5 Å². The third-order valence-electron chi connectivity index (χ3n) is 3.98. The summed E-state index contributed by atoms with van der Waals surface area (Å²) >= 11 is 0. The van der Waals surface area contributed by atoms with Gasteiger partial charge in [0.2, 0.25) is 0 Å². The molecule has 1 aliphatic rings. The van der Waals surface area contributed by atoms with Crippen LogP contribution in [-0.4, -0.2) is 63.5 Å². The van der Waals surface area contributed by atoms with E-state index >= 15 is 0 Å². The van der Waals surface area contributed by atoms with Gasteiger partial charge in [-0.25, -0.2) is 13.2 Å². The van der Waals surface area contributed by atoms with Gasteiger partial charge in [0.1, 0.15) is 0 Å². The van der Waals surface area contributed by atoms with Crippen LogP contribution in [0.15, 0.2) is 24.3 Å². The maximum Gasteiger partial charge on any atom is 0.338 e. The van der Waals surface area contributed by atoms with Crippen molar-refractivity contribution >= 4 is 21.7 Å². The summed E-state index contributed by atoms with van der Waals surface area (Å²) in [6.45, 7) is 0.0363. The number of methoxy groups -OCH3 is 1. The van der Waals surface area contributed by atoms with Gasteiger partial charge >= 0.3 is 5.97 Å². The molecular formula is C16H21NO6S. The van der Waals surface area contributed by atoms with Crippen molar-refractivity contribution in [1.82, 2.24) is 4.90 Å². The minimum atomic E-state index is -3.07. The number of carbonyl (C=O) groups excluding carboxylic acids is 2. The first kappa shape index (κ1) is 18.4. The number of likely N-dealkylation sites (N-methyl/N-ethyl adjacent to an activating group) is 1. The number of hydrogen-bond acceptors (Lipinski definition) is 6. The van der Waals surface area contributed by atoms with Crippen LogP contribution in [0.3, 0.4) is 0 Å². The molecule has 1 aliphatic heterocycles. The largest absolute Gasteiger partial charge is 0.452 e. The second-order valence-corrected chi connectivity index (χ2v) is 8.00. The molecule has 1 amide bonds. The Balaban J connectivity index is 1.85. The van der Waals surface area contributed by atoms with Crippen molar-refractivity contribution in [1.29, 1.82) is 0 Å². The van der Waals surface area contributed by atoms with Crippen molar-refractivity contribution < 1.29 is 27.5 Å². The summed E-state index contributed by atoms with van der Waals surface area (Å²) in [4.78, 5) is 25.3. The van der Waals surface area contributed by atoms with E-state index < -0.39 is 28.3 Å². The topological polar surface area (TPSA) is 90.0 Å². The summed E-state index contributed by atoms with van der Waals surface area (Å²) in [5.74, 6) is -0.964. The zero-order valence-corrected chi connectivity index (χ0v) is 14.5. The smallest absolute Gasteiger partial charge is 0.338 e. The first-order valence-electron chi connectivity index (χ1n) is 7.53. The zero-order valence-electron chi connectivity index (χ0n) is 13.7. The van der Waals surface area contributed by atoms with Crippen LogP contribution >= 0.6 is 0 Å². The summed E-state index contributed by atoms with van der Waals surface area (Å²) < 4.78 is 32.9. The van der Waals surface area contributed by atoms with Gasteiger partial charge < -0.3 is 14.4 Å². The number of hydrogen-bond donors (Lipinski definition) is 0. The average molecular weight is 355 g/mol. The lowest BCUT2D eigenvalue weighted by Gasteiger charge is -2.23. The number of nitrogens with zero attached hydrogens (tertiary/aromatic N) is 1. The summed E-state index contributed by atoms with van der Waals surface area (Å²) in [5, 5.41) is 0. The normalized spacial score (nSPS) is 19.0. The summed E-state index contributed by atoms with van der Waals surface area (Å²) in [6.07, 6.45) is 0.416. The molecule has 8 heteroatoms. The Morgan fingerprint density at radius 2 is 1.92 bits per heavy atom. The predicted octanol–water partition coefficient (Wildman–Crippen LogP) is 0.635. The molecule has 0 unspecified atom stereocenters. The molecule has 24 heavy (non-hydrogen) atoms. The number of esters is 1. The van der Waals surface area contributed by atoms with Crippen molar-refractivity contribution in [3.05, 3.63) is 35.4 Å². The summed E-state index contributed by atoms with van der Waals surface area (Å²) in [7, 11) is 0.0432. The number of carbonyl (C=O) groups is 2. The molecule has 0 aromatic heterocycles. The highest BCUT2D eigenvalue weighted by atomic mass is 32.2. The number of benzene rings is 1. The molecule has 0 N–H and O–H groups in total. The standard InChI is InChI=1S/C16H21NO6S/c1-17(14-7-8-24(20,21)11-14)15(18)10-23-16(19)13-5-3-12(4-6-13)9-22-2/h3-6,14H,7-11H2,1-2H3/t14-/m0/s1. The second-order valence-electron chi connectivity index (χ2n) is 5.77. The van der Waals surface area contributed by atoms with Crippen molar-refractivity contribution in [2.24, 2.45) is 0 Å². The van der Waals surface area contributed by atoms with Gasteiger partial charge in [0.25, 0.3) is 5.91 Å². The highest BCUT2D eigenvalue weighted by Crippen LogP contribution is 2.16. The minimum absolute atomic E-state index is 0.0376. The Morgan fingerprint density at radius 1 is 1.25 bits per heavy atom. The Morgan fingerprint density at radius 3 is 2.46 bits per heavy atom. The molecule has 0 bridgehead atoms. The molecule has 1 aromatic rings. The summed E-state index contributed by atoms with van der Waals surface area (Å²) in [6, 6.07) is 6.35. The molecule has 1 aromatic carbocycles. The van der Waals surface area contributed by atoms with E-state index in [1.54, 1.807) is 31.4 Å². The SMILES string of the molecule is COCc1ccc(C(=O)OCC(=O)N(C)[C@H]2CCS(=O)(=O)C2)cc1. The van der Waals surface area contributed by atoms with Crippen LogP contribution in [0.5, 0.6) is 0 Å². The van der Waals surface area contributed by atoms with Crippen LogP contribution in [0, 0.1) is 0 Å². The van der Waals surface area contributed by atoms with E-state index in [0.29, 0.717) is 18.6 Å². The molecule has 7 nitrogen and oxygen atoms in total. The third-order valence-corrected chi connectivity index (χ3v) is 5.73. The Bertz CT molecular complexity index is 698. The maximum atomic E-state index is 12.1. The fraction of sp³-hybridized carbons (Fsp3) is 0.500. The van der Waals surface area contributed by atoms with Crippen LogP contribution < -0.4 is 0 Å². The number of ether oxygens (including phenoxy) is 2. The molecule has 0 saturated carbocycles. The lowest BCUT2D eigenvalue weighted by molar-refractivity contribution is -0.134. The van der Waals surface area contributed by atoms with Crippen LogP contribution in [0.1, 0.15) is 22.3 Å². The molecule has 1 fully saturated rings. The number of sulfone groups is 1. The third kappa shape index (κ3) is 4.78. The lowest BCUT2D eigenvalue weighted by Crippen LogP contribution is -2.40. The number of rotatable bonds is 6. The quantitative estimate of drug-likeness (QED) is 0.696. The van der Waals surface area contributed by atoms with E-state index in [1.807, 2.05) is 0 Å². The van der Waals surface area contributed by atoms with Crippen LogP contribution in [0.25, 0.3) is 0 Å². The van der Waals surface area contributed by atoms with Gasteiger partial charge in [0.15, 0.2) is 16.4 Å². The van der Waals surface area contributed by atoms with Crippen molar-refractivity contribution in [3.8, 4) is 0 Å². The van der Waals surface area contributed by atoms with Crippen molar-refractivity contribution in [2.45, 2.75) is 19.1 Å². The van der Waals surface area contributed by atoms with Crippen molar-refractivity contribution in [3.63, 3.8) is 0 Å². The van der Waals surface area contributed by atoms with Gasteiger partial charge in [-0.05, 0) is 24.1 Å². The van der Waals surface area contributed by atoms with Crippen LogP contribution in [0.2, 0.25) is 0 Å². The highest BCUT2D eigenvalue weighted by Gasteiger charge is 2.32. The van der Waals surface area contributed by atoms with Gasteiger partial charge in [-0.1, -0.05) is 12.1 Å². The van der Waals surface area contributed by atoms with E-state index in [2.05, 4.69) is 0 Å². The Hall–Kier alpha value is -1.93. The fourth-order valence-corrected chi connectivity index (χ4v) is 4.28. The molecular weight excluding hydrogens is 334 g/mol. The van der Waals surface area contributed by atoms with Gasteiger partial charge in [0, 0.05) is 20.2 Å². The molecule has 0 spiro atoms. The van der Waals surface area contributed by atoms with Gasteiger partial charge in [-0.15, -0.1) is 0 Å². The van der Waals surface area contributed by atoms with E-state index in [0.717, 1.165) is 5.56 Å². The van der Waals surface area contributed by atoms with Crippen LogP contribution in [-0.2, 0) is 30.7 Å². The van der Waals surface area contributed by atoms with Gasteiger partial charge in [-0.3, -0.25) is 4.79 Å². The maximum absolute atomic E-state index is 12.1. The van der Waals surface area contributed by atoms with Crippen LogP contribution in [0.4, 0.5) is 0 Å². The van der Waals surface area contributed by atoms with E-state index in [9.17, 15) is 18.0 Å². The lowest BCUT2D eigenvalue weighted by atomic mass is 10.1. The van der Waals surface area contributed by atoms with E-state index in [4.69, 9.17) is 9.47 Å². The molecule has 2 rings (SSSR count). The fourth-order valence-electron chi connectivity index (χ4n) is 2.50. The first-order chi connectivity index (χ1) is 11.3. The molecule has 1 atom stereocenters. The van der Waals surface area contributed by atoms with Gasteiger partial charge in [-0.2, -0.15) is 0 Å².